The van der Waals surface area contributed by atoms with Gasteiger partial charge in [0.2, 0.25) is 0 Å². The van der Waals surface area contributed by atoms with Crippen molar-refractivity contribution in [3.63, 3.8) is 0 Å². The van der Waals surface area contributed by atoms with Crippen molar-refractivity contribution in [1.29, 1.82) is 0 Å². The van der Waals surface area contributed by atoms with Crippen molar-refractivity contribution < 1.29 is 28.6 Å². The van der Waals surface area contributed by atoms with Crippen LogP contribution in [-0.4, -0.2) is 37.2 Å². The molecule has 0 fully saturated rings. The van der Waals surface area contributed by atoms with Crippen LogP contribution in [0.1, 0.15) is 252 Å². The van der Waals surface area contributed by atoms with E-state index >= 15 is 0 Å². The fourth-order valence-electron chi connectivity index (χ4n) is 7.46. The van der Waals surface area contributed by atoms with Crippen molar-refractivity contribution in [3.8, 4) is 0 Å². The molecule has 1 atom stereocenters. The highest BCUT2D eigenvalue weighted by atomic mass is 16.6. The Morgan fingerprint density at radius 3 is 0.910 bits per heavy atom. The molecular weight excluding hydrogens is 829 g/mol. The third-order valence-corrected chi connectivity index (χ3v) is 11.6. The van der Waals surface area contributed by atoms with Gasteiger partial charge in [-0.3, -0.25) is 14.4 Å². The van der Waals surface area contributed by atoms with Crippen LogP contribution in [0.4, 0.5) is 0 Å². The maximum absolute atomic E-state index is 12.8. The fourth-order valence-corrected chi connectivity index (χ4v) is 7.46. The molecule has 0 aliphatic carbocycles. The van der Waals surface area contributed by atoms with E-state index in [1.165, 1.54) is 89.9 Å². The quantitative estimate of drug-likeness (QED) is 0.0262. The van der Waals surface area contributed by atoms with E-state index in [-0.39, 0.29) is 31.1 Å². The van der Waals surface area contributed by atoms with E-state index in [0.29, 0.717) is 19.3 Å². The Labute approximate surface area is 413 Å². The fraction of sp³-hybridized carbons (Fsp3) is 0.689. The molecule has 0 bridgehead atoms. The Kier molecular flexibility index (Phi) is 51.9. The van der Waals surface area contributed by atoms with E-state index in [1.54, 1.807) is 0 Å². The molecule has 0 aliphatic rings. The molecule has 0 heterocycles. The van der Waals surface area contributed by atoms with Gasteiger partial charge >= 0.3 is 17.9 Å². The van der Waals surface area contributed by atoms with Gasteiger partial charge in [0, 0.05) is 19.3 Å². The van der Waals surface area contributed by atoms with Crippen molar-refractivity contribution in [2.24, 2.45) is 0 Å². The molecule has 0 aliphatic heterocycles. The lowest BCUT2D eigenvalue weighted by Gasteiger charge is -2.18. The van der Waals surface area contributed by atoms with Crippen molar-refractivity contribution in [2.75, 3.05) is 13.2 Å². The molecule has 0 aromatic heterocycles. The highest BCUT2D eigenvalue weighted by Crippen LogP contribution is 2.15. The average Bonchev–Trinajstić information content (AvgIpc) is 3.33. The van der Waals surface area contributed by atoms with Gasteiger partial charge in [0.1, 0.15) is 13.2 Å². The van der Waals surface area contributed by atoms with E-state index in [1.807, 2.05) is 0 Å². The zero-order chi connectivity index (χ0) is 48.6. The van der Waals surface area contributed by atoms with E-state index in [2.05, 4.69) is 118 Å². The smallest absolute Gasteiger partial charge is 0.306 e. The highest BCUT2D eigenvalue weighted by Gasteiger charge is 2.19. The lowest BCUT2D eigenvalue weighted by Crippen LogP contribution is -2.30. The van der Waals surface area contributed by atoms with Gasteiger partial charge in [-0.05, 0) is 83.5 Å². The van der Waals surface area contributed by atoms with E-state index in [0.717, 1.165) is 122 Å². The van der Waals surface area contributed by atoms with Crippen LogP contribution in [0.25, 0.3) is 0 Å². The van der Waals surface area contributed by atoms with E-state index < -0.39 is 6.10 Å². The molecule has 0 aromatic rings. The average molecular weight is 931 g/mol. The first-order chi connectivity index (χ1) is 33.0. The molecule has 0 radical (unpaired) electrons. The van der Waals surface area contributed by atoms with Gasteiger partial charge in [-0.15, -0.1) is 0 Å². The Bertz CT molecular complexity index is 1350. The van der Waals surface area contributed by atoms with Crippen LogP contribution in [0.2, 0.25) is 0 Å². The Morgan fingerprint density at radius 2 is 0.582 bits per heavy atom. The zero-order valence-electron chi connectivity index (χ0n) is 43.6. The van der Waals surface area contributed by atoms with Gasteiger partial charge in [0.05, 0.1) is 0 Å². The van der Waals surface area contributed by atoms with Gasteiger partial charge in [-0.1, -0.05) is 246 Å². The second-order valence-electron chi connectivity index (χ2n) is 18.1. The minimum atomic E-state index is -0.783. The normalized spacial score (nSPS) is 12.8. The lowest BCUT2D eigenvalue weighted by molar-refractivity contribution is -0.167. The van der Waals surface area contributed by atoms with E-state index in [4.69, 9.17) is 14.2 Å². The van der Waals surface area contributed by atoms with Crippen LogP contribution in [0.15, 0.2) is 97.2 Å². The summed E-state index contributed by atoms with van der Waals surface area (Å²) in [5.41, 5.74) is 0. The van der Waals surface area contributed by atoms with Gasteiger partial charge in [0.25, 0.3) is 0 Å². The van der Waals surface area contributed by atoms with Crippen molar-refractivity contribution >= 4 is 17.9 Å². The highest BCUT2D eigenvalue weighted by molar-refractivity contribution is 5.71. The lowest BCUT2D eigenvalue weighted by atomic mass is 10.0. The van der Waals surface area contributed by atoms with Gasteiger partial charge in [-0.2, -0.15) is 0 Å². The monoisotopic (exact) mass is 931 g/mol. The summed E-state index contributed by atoms with van der Waals surface area (Å²) in [5, 5.41) is 0. The van der Waals surface area contributed by atoms with Crippen LogP contribution in [-0.2, 0) is 28.6 Å². The molecule has 0 amide bonds. The zero-order valence-corrected chi connectivity index (χ0v) is 43.6. The maximum Gasteiger partial charge on any atom is 0.306 e. The van der Waals surface area contributed by atoms with Gasteiger partial charge in [0.15, 0.2) is 6.10 Å². The number of carbonyl (C=O) groups is 3. The van der Waals surface area contributed by atoms with Crippen LogP contribution in [0.5, 0.6) is 0 Å². The van der Waals surface area contributed by atoms with Crippen LogP contribution >= 0.6 is 0 Å². The van der Waals surface area contributed by atoms with Crippen LogP contribution in [0, 0.1) is 0 Å². The first kappa shape index (κ1) is 63.3. The largest absolute Gasteiger partial charge is 0.462 e. The van der Waals surface area contributed by atoms with Crippen LogP contribution in [0.3, 0.4) is 0 Å². The summed E-state index contributed by atoms with van der Waals surface area (Å²) >= 11 is 0. The molecule has 382 valence electrons. The minimum Gasteiger partial charge on any atom is -0.462 e. The molecule has 0 aromatic carbocycles. The molecular formula is C61H102O6. The first-order valence-corrected chi connectivity index (χ1v) is 27.7. The number of rotatable bonds is 49. The summed E-state index contributed by atoms with van der Waals surface area (Å²) in [4.78, 5) is 37.8. The van der Waals surface area contributed by atoms with Gasteiger partial charge in [-0.25, -0.2) is 0 Å². The molecule has 1 unspecified atom stereocenters. The second-order valence-corrected chi connectivity index (χ2v) is 18.1. The predicted octanol–water partition coefficient (Wildman–Crippen LogP) is 18.5. The minimum absolute atomic E-state index is 0.0836. The van der Waals surface area contributed by atoms with Crippen molar-refractivity contribution in [3.05, 3.63) is 97.2 Å². The molecule has 0 spiro atoms. The molecule has 67 heavy (non-hydrogen) atoms. The number of hydrogen-bond donors (Lipinski definition) is 0. The molecule has 6 heteroatoms. The number of carbonyl (C=O) groups excluding carboxylic acids is 3. The third-order valence-electron chi connectivity index (χ3n) is 11.6. The standard InChI is InChI=1S/C61H102O6/c1-4-7-10-13-16-18-20-22-23-24-25-26-27-28-29-30-31-32-33-34-35-36-37-39-40-42-45-48-51-54-60(63)66-57-58(56-65-59(62)53-50-47-44-15-12-9-6-3)67-61(64)55-52-49-46-43-41-38-21-19-17-14-11-8-5-2/h7,10,16,18,22-23,25-26,28-29,31-32,34-35,37,39,58H,4-6,8-9,11-15,17,19-21,24,27,30,33,36,38,40-57H2,1-3H3/b10-7-,18-16-,23-22-,26-25-,29-28-,32-31-,35-34-,39-37-. The number of hydrogen-bond acceptors (Lipinski definition) is 6. The van der Waals surface area contributed by atoms with E-state index in [9.17, 15) is 14.4 Å². The summed E-state index contributed by atoms with van der Waals surface area (Å²) in [5.74, 6) is -0.915. The molecule has 6 nitrogen and oxygen atoms in total. The SMILES string of the molecule is CC/C=C\C/C=C\C/C=C\C/C=C\C/C=C\C/C=C\C/C=C\C/C=C\CCCCCCC(=O)OCC(COC(=O)CCCCCCCCC)OC(=O)CCCCCCCCCCCCCCC. The van der Waals surface area contributed by atoms with Gasteiger partial charge < -0.3 is 14.2 Å². The number of allylic oxidation sites excluding steroid dienone is 16. The first-order valence-electron chi connectivity index (χ1n) is 27.7. The topological polar surface area (TPSA) is 78.9 Å². The van der Waals surface area contributed by atoms with Crippen LogP contribution < -0.4 is 0 Å². The Morgan fingerprint density at radius 1 is 0.313 bits per heavy atom. The predicted molar refractivity (Wildman–Crippen MR) is 288 cm³/mol. The Balaban J connectivity index is 4.22. The second kappa shape index (κ2) is 54.9. The molecule has 0 rings (SSSR count). The third kappa shape index (κ3) is 53.2. The number of ether oxygens (including phenoxy) is 3. The number of unbranched alkanes of at least 4 members (excludes halogenated alkanes) is 22. The molecule has 0 saturated heterocycles. The summed E-state index contributed by atoms with van der Waals surface area (Å²) < 4.78 is 16.7. The molecule has 0 saturated carbocycles. The van der Waals surface area contributed by atoms with Crippen molar-refractivity contribution in [1.82, 2.24) is 0 Å². The maximum atomic E-state index is 12.8. The summed E-state index contributed by atoms with van der Waals surface area (Å²) in [7, 11) is 0. The Hall–Kier alpha value is -3.67. The summed E-state index contributed by atoms with van der Waals surface area (Å²) in [6.07, 6.45) is 72.7. The summed E-state index contributed by atoms with van der Waals surface area (Å²) in [6.45, 7) is 6.46. The van der Waals surface area contributed by atoms with Crippen molar-refractivity contribution in [2.45, 2.75) is 258 Å². The summed E-state index contributed by atoms with van der Waals surface area (Å²) in [6, 6.07) is 0. The number of esters is 3. The molecule has 0 N–H and O–H groups in total.